The number of nitrogens with one attached hydrogen (secondary N) is 2. The summed E-state index contributed by atoms with van der Waals surface area (Å²) in [6.07, 6.45) is 1.02. The fourth-order valence-electron chi connectivity index (χ4n) is 2.06. The average Bonchev–Trinajstić information content (AvgIpc) is 2.38. The van der Waals surface area contributed by atoms with Gasteiger partial charge in [0.15, 0.2) is 0 Å². The number of halogens is 2. The minimum atomic E-state index is -0.590. The third-order valence-corrected chi connectivity index (χ3v) is 3.45. The normalized spacial score (nSPS) is 18.9. The van der Waals surface area contributed by atoms with Gasteiger partial charge in [0, 0.05) is 31.7 Å². The molecule has 1 unspecified atom stereocenters. The zero-order chi connectivity index (χ0) is 14.7. The van der Waals surface area contributed by atoms with Crippen LogP contribution in [0.15, 0.2) is 18.2 Å². The molecule has 0 radical (unpaired) electrons. The van der Waals surface area contributed by atoms with Crippen LogP contribution < -0.4 is 10.6 Å². The lowest BCUT2D eigenvalue weighted by molar-refractivity contribution is -0.132. The number of nitrogens with zero attached hydrogens (tertiary/aromatic N) is 1. The van der Waals surface area contributed by atoms with Crippen molar-refractivity contribution in [3.63, 3.8) is 0 Å². The van der Waals surface area contributed by atoms with E-state index in [1.54, 1.807) is 11.9 Å². The summed E-state index contributed by atoms with van der Waals surface area (Å²) in [6, 6.07) is 3.51. The van der Waals surface area contributed by atoms with E-state index >= 15 is 0 Å². The lowest BCUT2D eigenvalue weighted by Crippen LogP contribution is -2.49. The Morgan fingerprint density at radius 2 is 2.25 bits per heavy atom. The lowest BCUT2D eigenvalue weighted by atomic mass is 10.1. The van der Waals surface area contributed by atoms with Gasteiger partial charge in [-0.2, -0.15) is 0 Å². The van der Waals surface area contributed by atoms with Gasteiger partial charge in [0.25, 0.3) is 0 Å². The molecule has 1 aromatic carbocycles. The molecule has 108 valence electrons. The molecule has 0 spiro atoms. The number of rotatable bonds is 2. The van der Waals surface area contributed by atoms with Crippen LogP contribution in [0.25, 0.3) is 0 Å². The monoisotopic (exact) mass is 299 g/mol. The van der Waals surface area contributed by atoms with Crippen LogP contribution in [-0.2, 0) is 4.79 Å². The van der Waals surface area contributed by atoms with E-state index in [2.05, 4.69) is 10.6 Å². The zero-order valence-electron chi connectivity index (χ0n) is 11.0. The Kier molecular flexibility index (Phi) is 4.44. The number of anilines is 1. The smallest absolute Gasteiger partial charge is 0.319 e. The molecule has 3 amide bonds. The number of carbonyl (C=O) groups excluding carboxylic acids is 2. The molecule has 1 aliphatic heterocycles. The first-order valence-electron chi connectivity index (χ1n) is 6.22. The number of benzene rings is 1. The highest BCUT2D eigenvalue weighted by molar-refractivity contribution is 6.30. The van der Waals surface area contributed by atoms with Gasteiger partial charge >= 0.3 is 6.03 Å². The number of piperidine rings is 1. The van der Waals surface area contributed by atoms with Crippen molar-refractivity contribution in [2.24, 2.45) is 0 Å². The minimum absolute atomic E-state index is 0.00313. The molecule has 20 heavy (non-hydrogen) atoms. The van der Waals surface area contributed by atoms with E-state index in [1.807, 2.05) is 0 Å². The molecule has 1 fully saturated rings. The maximum Gasteiger partial charge on any atom is 0.319 e. The van der Waals surface area contributed by atoms with Crippen molar-refractivity contribution < 1.29 is 14.0 Å². The Morgan fingerprint density at radius 1 is 1.50 bits per heavy atom. The van der Waals surface area contributed by atoms with Gasteiger partial charge in [-0.1, -0.05) is 11.6 Å². The molecule has 2 rings (SSSR count). The molecular weight excluding hydrogens is 285 g/mol. The molecular formula is C13H15ClFN3O2. The van der Waals surface area contributed by atoms with Crippen LogP contribution in [0.2, 0.25) is 5.02 Å². The van der Waals surface area contributed by atoms with Crippen LogP contribution in [0.3, 0.4) is 0 Å². The molecule has 0 aliphatic carbocycles. The van der Waals surface area contributed by atoms with Crippen LogP contribution in [0, 0.1) is 5.82 Å². The molecule has 0 aromatic heterocycles. The van der Waals surface area contributed by atoms with E-state index in [9.17, 15) is 14.0 Å². The van der Waals surface area contributed by atoms with Gasteiger partial charge in [-0.3, -0.25) is 4.79 Å². The predicted molar refractivity (Wildman–Crippen MR) is 74.2 cm³/mol. The van der Waals surface area contributed by atoms with Crippen LogP contribution in [0.5, 0.6) is 0 Å². The standard InChI is InChI=1S/C13H15ClFN3O2/c1-18-7-9(3-5-12(18)19)17-13(20)16-8-2-4-10(14)11(15)6-8/h2,4,6,9H,3,5,7H2,1H3,(H2,16,17,20). The van der Waals surface area contributed by atoms with E-state index in [0.29, 0.717) is 25.1 Å². The predicted octanol–water partition coefficient (Wildman–Crippen LogP) is 2.22. The van der Waals surface area contributed by atoms with Gasteiger partial charge in [-0.05, 0) is 24.6 Å². The summed E-state index contributed by atoms with van der Waals surface area (Å²) in [6.45, 7) is 0.473. The van der Waals surface area contributed by atoms with Gasteiger partial charge in [0.05, 0.1) is 5.02 Å². The highest BCUT2D eigenvalue weighted by atomic mass is 35.5. The first kappa shape index (κ1) is 14.6. The third kappa shape index (κ3) is 3.60. The van der Waals surface area contributed by atoms with Gasteiger partial charge in [0.2, 0.25) is 5.91 Å². The molecule has 1 atom stereocenters. The maximum atomic E-state index is 13.2. The molecule has 7 heteroatoms. The molecule has 1 aliphatic rings. The number of urea groups is 1. The van der Waals surface area contributed by atoms with E-state index in [0.717, 1.165) is 6.07 Å². The summed E-state index contributed by atoms with van der Waals surface area (Å²) < 4.78 is 13.2. The van der Waals surface area contributed by atoms with E-state index in [1.165, 1.54) is 12.1 Å². The van der Waals surface area contributed by atoms with Crippen molar-refractivity contribution in [1.29, 1.82) is 0 Å². The van der Waals surface area contributed by atoms with Gasteiger partial charge in [0.1, 0.15) is 5.82 Å². The average molecular weight is 300 g/mol. The molecule has 1 saturated heterocycles. The second-order valence-corrected chi connectivity index (χ2v) is 5.14. The number of amides is 3. The van der Waals surface area contributed by atoms with Crippen LogP contribution in [0.4, 0.5) is 14.9 Å². The van der Waals surface area contributed by atoms with Crippen molar-refractivity contribution in [3.8, 4) is 0 Å². The minimum Gasteiger partial charge on any atom is -0.344 e. The number of likely N-dealkylation sites (tertiary alicyclic amines) is 1. The number of likely N-dealkylation sites (N-methyl/N-ethyl adjacent to an activating group) is 1. The fraction of sp³-hybridized carbons (Fsp3) is 0.385. The first-order valence-corrected chi connectivity index (χ1v) is 6.60. The Morgan fingerprint density at radius 3 is 2.90 bits per heavy atom. The van der Waals surface area contributed by atoms with Crippen molar-refractivity contribution >= 4 is 29.2 Å². The number of hydrogen-bond donors (Lipinski definition) is 2. The van der Waals surface area contributed by atoms with Crippen LogP contribution in [0.1, 0.15) is 12.8 Å². The number of carbonyl (C=O) groups is 2. The summed E-state index contributed by atoms with van der Waals surface area (Å²) in [5.41, 5.74) is 0.324. The summed E-state index contributed by atoms with van der Waals surface area (Å²) in [5, 5.41) is 5.29. The molecule has 2 N–H and O–H groups in total. The number of hydrogen-bond acceptors (Lipinski definition) is 2. The molecule has 1 heterocycles. The Balaban J connectivity index is 1.89. The van der Waals surface area contributed by atoms with Crippen molar-refractivity contribution in [2.75, 3.05) is 18.9 Å². The molecule has 1 aromatic rings. The zero-order valence-corrected chi connectivity index (χ0v) is 11.7. The Hall–Kier alpha value is -1.82. The Bertz CT molecular complexity index is 538. The third-order valence-electron chi connectivity index (χ3n) is 3.14. The SMILES string of the molecule is CN1CC(NC(=O)Nc2ccc(Cl)c(F)c2)CCC1=O. The van der Waals surface area contributed by atoms with Gasteiger partial charge in [-0.25, -0.2) is 9.18 Å². The second-order valence-electron chi connectivity index (χ2n) is 4.74. The largest absolute Gasteiger partial charge is 0.344 e. The van der Waals surface area contributed by atoms with E-state index in [4.69, 9.17) is 11.6 Å². The second kappa shape index (κ2) is 6.09. The fourth-order valence-corrected chi connectivity index (χ4v) is 2.17. The molecule has 0 bridgehead atoms. The lowest BCUT2D eigenvalue weighted by Gasteiger charge is -2.30. The van der Waals surface area contributed by atoms with Crippen LogP contribution in [-0.4, -0.2) is 36.5 Å². The van der Waals surface area contributed by atoms with Gasteiger partial charge < -0.3 is 15.5 Å². The highest BCUT2D eigenvalue weighted by Crippen LogP contribution is 2.18. The Labute approximate surface area is 121 Å². The summed E-state index contributed by atoms with van der Waals surface area (Å²) in [4.78, 5) is 24.7. The summed E-state index contributed by atoms with van der Waals surface area (Å²) in [5.74, 6) is -0.518. The van der Waals surface area contributed by atoms with E-state index < -0.39 is 11.8 Å². The molecule has 5 nitrogen and oxygen atoms in total. The van der Waals surface area contributed by atoms with Crippen molar-refractivity contribution in [3.05, 3.63) is 29.0 Å². The topological polar surface area (TPSA) is 61.4 Å². The van der Waals surface area contributed by atoms with Gasteiger partial charge in [-0.15, -0.1) is 0 Å². The quantitative estimate of drug-likeness (QED) is 0.879. The van der Waals surface area contributed by atoms with Crippen LogP contribution >= 0.6 is 11.6 Å². The summed E-state index contributed by atoms with van der Waals surface area (Å²) in [7, 11) is 1.70. The maximum absolute atomic E-state index is 13.2. The van der Waals surface area contributed by atoms with Crippen molar-refractivity contribution in [1.82, 2.24) is 10.2 Å². The van der Waals surface area contributed by atoms with E-state index in [-0.39, 0.29) is 17.0 Å². The van der Waals surface area contributed by atoms with Crippen molar-refractivity contribution in [2.45, 2.75) is 18.9 Å². The summed E-state index contributed by atoms with van der Waals surface area (Å²) >= 11 is 5.56. The molecule has 0 saturated carbocycles. The highest BCUT2D eigenvalue weighted by Gasteiger charge is 2.23. The first-order chi connectivity index (χ1) is 9.45.